The molecule has 1 saturated heterocycles. The first-order valence-corrected chi connectivity index (χ1v) is 10.3. The number of para-hydroxylation sites is 1. The van der Waals surface area contributed by atoms with Crippen LogP contribution in [0.2, 0.25) is 0 Å². The summed E-state index contributed by atoms with van der Waals surface area (Å²) < 4.78 is 18.9. The Bertz CT molecular complexity index is 1020. The highest BCUT2D eigenvalue weighted by Crippen LogP contribution is 2.27. The Hall–Kier alpha value is -3.06. The Morgan fingerprint density at radius 3 is 2.97 bits per heavy atom. The smallest absolute Gasteiger partial charge is 0.238 e. The monoisotopic (exact) mass is 408 g/mol. The summed E-state index contributed by atoms with van der Waals surface area (Å²) in [6.07, 6.45) is 2.73. The van der Waals surface area contributed by atoms with Crippen LogP contribution in [-0.2, 0) is 11.2 Å². The minimum Gasteiger partial charge on any atom is -0.339 e. The molecule has 2 aromatic carbocycles. The number of nitrogens with one attached hydrogen (secondary N) is 1. The topological polar surface area (TPSA) is 71.3 Å². The number of anilines is 1. The number of hydrogen-bond donors (Lipinski definition) is 1. The molecule has 1 aliphatic rings. The number of halogens is 1. The van der Waals surface area contributed by atoms with Crippen molar-refractivity contribution < 1.29 is 13.7 Å². The second-order valence-corrected chi connectivity index (χ2v) is 7.60. The number of rotatable bonds is 6. The number of hydrogen-bond acceptors (Lipinski definition) is 5. The van der Waals surface area contributed by atoms with E-state index in [2.05, 4.69) is 27.3 Å². The fourth-order valence-corrected chi connectivity index (χ4v) is 3.89. The minimum absolute atomic E-state index is 0.0254. The lowest BCUT2D eigenvalue weighted by Gasteiger charge is -2.30. The molecular formula is C23H25FN4O2. The van der Waals surface area contributed by atoms with Gasteiger partial charge in [0.05, 0.1) is 12.5 Å². The zero-order valence-corrected chi connectivity index (χ0v) is 17.0. The predicted molar refractivity (Wildman–Crippen MR) is 113 cm³/mol. The molecule has 0 bridgehead atoms. The summed E-state index contributed by atoms with van der Waals surface area (Å²) in [5.74, 6) is 0.622. The third-order valence-electron chi connectivity index (χ3n) is 5.42. The van der Waals surface area contributed by atoms with Gasteiger partial charge in [-0.2, -0.15) is 4.98 Å². The number of carbonyl (C=O) groups excluding carboxylic acids is 1. The summed E-state index contributed by atoms with van der Waals surface area (Å²) in [7, 11) is 0. The maximum absolute atomic E-state index is 13.5. The second-order valence-electron chi connectivity index (χ2n) is 7.60. The molecule has 156 valence electrons. The quantitative estimate of drug-likeness (QED) is 0.660. The van der Waals surface area contributed by atoms with Crippen molar-refractivity contribution in [2.24, 2.45) is 0 Å². The first kappa shape index (κ1) is 20.2. The van der Waals surface area contributed by atoms with E-state index in [-0.39, 0.29) is 17.6 Å². The van der Waals surface area contributed by atoms with E-state index in [1.165, 1.54) is 12.1 Å². The molecule has 0 saturated carbocycles. The van der Waals surface area contributed by atoms with Crippen LogP contribution in [0, 0.1) is 5.82 Å². The molecule has 1 atom stereocenters. The molecule has 1 amide bonds. The Morgan fingerprint density at radius 2 is 2.13 bits per heavy atom. The number of piperidine rings is 1. The van der Waals surface area contributed by atoms with Crippen LogP contribution >= 0.6 is 0 Å². The molecule has 0 radical (unpaired) electrons. The normalized spacial score (nSPS) is 17.1. The maximum Gasteiger partial charge on any atom is 0.238 e. The molecule has 30 heavy (non-hydrogen) atoms. The SMILES string of the molecule is CCc1ccccc1NC(=O)CN1CCCC(c2nc(-c3cccc(F)c3)no2)C1. The summed E-state index contributed by atoms with van der Waals surface area (Å²) in [5.41, 5.74) is 2.58. The summed E-state index contributed by atoms with van der Waals surface area (Å²) in [6.45, 7) is 3.92. The van der Waals surface area contributed by atoms with Crippen LogP contribution in [0.25, 0.3) is 11.4 Å². The molecule has 6 nitrogen and oxygen atoms in total. The van der Waals surface area contributed by atoms with Gasteiger partial charge >= 0.3 is 0 Å². The van der Waals surface area contributed by atoms with Crippen molar-refractivity contribution in [2.45, 2.75) is 32.1 Å². The molecule has 7 heteroatoms. The molecule has 1 aliphatic heterocycles. The molecule has 3 aromatic rings. The number of aryl methyl sites for hydroxylation is 1. The Labute approximate surface area is 175 Å². The van der Waals surface area contributed by atoms with Crippen molar-refractivity contribution in [1.82, 2.24) is 15.0 Å². The van der Waals surface area contributed by atoms with Crippen LogP contribution in [0.4, 0.5) is 10.1 Å². The van der Waals surface area contributed by atoms with Gasteiger partial charge in [-0.3, -0.25) is 9.69 Å². The van der Waals surface area contributed by atoms with Gasteiger partial charge in [0, 0.05) is 17.8 Å². The zero-order chi connectivity index (χ0) is 20.9. The third kappa shape index (κ3) is 4.74. The highest BCUT2D eigenvalue weighted by molar-refractivity contribution is 5.93. The number of amides is 1. The molecular weight excluding hydrogens is 383 g/mol. The largest absolute Gasteiger partial charge is 0.339 e. The molecule has 1 aromatic heterocycles. The summed E-state index contributed by atoms with van der Waals surface area (Å²) in [5, 5.41) is 7.04. The van der Waals surface area contributed by atoms with Gasteiger partial charge in [-0.15, -0.1) is 0 Å². The molecule has 4 rings (SSSR count). The fraction of sp³-hybridized carbons (Fsp3) is 0.348. The summed E-state index contributed by atoms with van der Waals surface area (Å²) >= 11 is 0. The molecule has 2 heterocycles. The number of likely N-dealkylation sites (tertiary alicyclic amines) is 1. The number of aromatic nitrogens is 2. The lowest BCUT2D eigenvalue weighted by atomic mass is 9.98. The first-order chi connectivity index (χ1) is 14.6. The average Bonchev–Trinajstić information content (AvgIpc) is 3.25. The van der Waals surface area contributed by atoms with E-state index in [1.54, 1.807) is 12.1 Å². The Morgan fingerprint density at radius 1 is 1.27 bits per heavy atom. The van der Waals surface area contributed by atoms with E-state index in [9.17, 15) is 9.18 Å². The summed E-state index contributed by atoms with van der Waals surface area (Å²) in [4.78, 5) is 19.2. The maximum atomic E-state index is 13.5. The van der Waals surface area contributed by atoms with Gasteiger partial charge in [-0.25, -0.2) is 4.39 Å². The van der Waals surface area contributed by atoms with Crippen molar-refractivity contribution >= 4 is 11.6 Å². The fourth-order valence-electron chi connectivity index (χ4n) is 3.89. The standard InChI is InChI=1S/C23H25FN4O2/c1-2-16-7-3-4-11-20(16)25-21(29)15-28-12-6-9-18(14-28)23-26-22(27-30-23)17-8-5-10-19(24)13-17/h3-5,7-8,10-11,13,18H,2,6,9,12,14-15H2,1H3,(H,25,29). The van der Waals surface area contributed by atoms with Crippen LogP contribution in [0.15, 0.2) is 53.1 Å². The zero-order valence-electron chi connectivity index (χ0n) is 17.0. The van der Waals surface area contributed by atoms with Crippen LogP contribution < -0.4 is 5.32 Å². The first-order valence-electron chi connectivity index (χ1n) is 10.3. The van der Waals surface area contributed by atoms with Gasteiger partial charge in [-0.05, 0) is 49.6 Å². The number of nitrogens with zero attached hydrogens (tertiary/aromatic N) is 3. The van der Waals surface area contributed by atoms with Crippen molar-refractivity contribution in [3.05, 3.63) is 65.8 Å². The highest BCUT2D eigenvalue weighted by Gasteiger charge is 2.27. The van der Waals surface area contributed by atoms with Crippen molar-refractivity contribution in [3.8, 4) is 11.4 Å². The van der Waals surface area contributed by atoms with Crippen molar-refractivity contribution in [2.75, 3.05) is 25.0 Å². The Balaban J connectivity index is 1.38. The van der Waals surface area contributed by atoms with E-state index in [0.717, 1.165) is 37.1 Å². The minimum atomic E-state index is -0.335. The Kier molecular flexibility index (Phi) is 6.18. The molecule has 0 spiro atoms. The third-order valence-corrected chi connectivity index (χ3v) is 5.42. The van der Waals surface area contributed by atoms with Crippen LogP contribution in [0.1, 0.15) is 37.1 Å². The van der Waals surface area contributed by atoms with Gasteiger partial charge in [-0.1, -0.05) is 42.4 Å². The lowest BCUT2D eigenvalue weighted by Crippen LogP contribution is -2.40. The van der Waals surface area contributed by atoms with Crippen molar-refractivity contribution in [3.63, 3.8) is 0 Å². The van der Waals surface area contributed by atoms with Gasteiger partial charge in [0.1, 0.15) is 5.82 Å². The predicted octanol–water partition coefficient (Wildman–Crippen LogP) is 4.26. The van der Waals surface area contributed by atoms with Crippen molar-refractivity contribution in [1.29, 1.82) is 0 Å². The lowest BCUT2D eigenvalue weighted by molar-refractivity contribution is -0.117. The number of benzene rings is 2. The van der Waals surface area contributed by atoms with Crippen LogP contribution in [0.3, 0.4) is 0 Å². The van der Waals surface area contributed by atoms with Gasteiger partial charge in [0.25, 0.3) is 0 Å². The van der Waals surface area contributed by atoms with E-state index >= 15 is 0 Å². The number of carbonyl (C=O) groups is 1. The molecule has 1 unspecified atom stereocenters. The summed E-state index contributed by atoms with van der Waals surface area (Å²) in [6, 6.07) is 14.0. The van der Waals surface area contributed by atoms with E-state index in [0.29, 0.717) is 30.4 Å². The van der Waals surface area contributed by atoms with E-state index in [4.69, 9.17) is 4.52 Å². The van der Waals surface area contributed by atoms with Gasteiger partial charge in [0.15, 0.2) is 0 Å². The molecule has 1 fully saturated rings. The van der Waals surface area contributed by atoms with Crippen LogP contribution in [0.5, 0.6) is 0 Å². The molecule has 0 aliphatic carbocycles. The van der Waals surface area contributed by atoms with Gasteiger partial charge < -0.3 is 9.84 Å². The second kappa shape index (κ2) is 9.17. The van der Waals surface area contributed by atoms with Gasteiger partial charge in [0.2, 0.25) is 17.6 Å². The van der Waals surface area contributed by atoms with Crippen LogP contribution in [-0.4, -0.2) is 40.6 Å². The van der Waals surface area contributed by atoms with E-state index < -0.39 is 0 Å². The van der Waals surface area contributed by atoms with E-state index in [1.807, 2.05) is 24.3 Å². The average molecular weight is 408 g/mol. The molecule has 1 N–H and O–H groups in total. The highest BCUT2D eigenvalue weighted by atomic mass is 19.1.